The monoisotopic (exact) mass is 392 g/mol. The molecule has 0 amide bonds. The van der Waals surface area contributed by atoms with Crippen LogP contribution in [0.5, 0.6) is 0 Å². The lowest BCUT2D eigenvalue weighted by atomic mass is 10.0. The first kappa shape index (κ1) is 17.9. The molecule has 2 aliphatic heterocycles. The molecular weight excluding hydrogens is 372 g/mol. The number of aromatic nitrogens is 2. The van der Waals surface area contributed by atoms with Crippen molar-refractivity contribution >= 4 is 28.2 Å². The van der Waals surface area contributed by atoms with E-state index >= 15 is 0 Å². The quantitative estimate of drug-likeness (QED) is 0.860. The summed E-state index contributed by atoms with van der Waals surface area (Å²) in [5.74, 6) is 1.34. The molecule has 1 N–H and O–H groups in total. The molecule has 0 radical (unpaired) electrons. The fourth-order valence-electron chi connectivity index (χ4n) is 3.30. The van der Waals surface area contributed by atoms with E-state index < -0.39 is 10.8 Å². The van der Waals surface area contributed by atoms with Crippen LogP contribution in [0, 0.1) is 0 Å². The predicted molar refractivity (Wildman–Crippen MR) is 103 cm³/mol. The summed E-state index contributed by atoms with van der Waals surface area (Å²) in [6, 6.07) is 7.46. The number of anilines is 1. The molecule has 1 aromatic carbocycles. The van der Waals surface area contributed by atoms with Gasteiger partial charge in [0.2, 0.25) is 0 Å². The normalized spacial score (nSPS) is 20.1. The van der Waals surface area contributed by atoms with Crippen LogP contribution in [0.3, 0.4) is 0 Å². The molecule has 4 rings (SSSR count). The van der Waals surface area contributed by atoms with Crippen LogP contribution in [0.4, 0.5) is 5.82 Å². The number of rotatable bonds is 4. The average Bonchev–Trinajstić information content (AvgIpc) is 2.79. The number of benzene rings is 1. The second-order valence-electron chi connectivity index (χ2n) is 6.42. The summed E-state index contributed by atoms with van der Waals surface area (Å²) >= 11 is 6.14. The molecule has 26 heavy (non-hydrogen) atoms. The Morgan fingerprint density at radius 2 is 2.08 bits per heavy atom. The number of hydrogen-bond acceptors (Lipinski definition) is 6. The van der Waals surface area contributed by atoms with Gasteiger partial charge in [0.25, 0.3) is 0 Å². The zero-order chi connectivity index (χ0) is 17.9. The molecule has 2 aromatic rings. The number of fused-ring (bicyclic) bond motifs is 3. The van der Waals surface area contributed by atoms with E-state index in [-0.39, 0.29) is 0 Å². The molecule has 0 spiro atoms. The summed E-state index contributed by atoms with van der Waals surface area (Å²) in [5, 5.41) is 12.7. The lowest BCUT2D eigenvalue weighted by Crippen LogP contribution is -2.39. The summed E-state index contributed by atoms with van der Waals surface area (Å²) in [4.78, 5) is 3.16. The van der Waals surface area contributed by atoms with Gasteiger partial charge in [0.05, 0.1) is 29.7 Å². The summed E-state index contributed by atoms with van der Waals surface area (Å²) in [6.45, 7) is 5.31. The smallest absolute Gasteiger partial charge is 0.149 e. The number of halogens is 1. The third kappa shape index (κ3) is 3.91. The Labute approximate surface area is 160 Å². The second kappa shape index (κ2) is 8.00. The van der Waals surface area contributed by atoms with Gasteiger partial charge < -0.3 is 10.1 Å². The number of morpholine rings is 1. The summed E-state index contributed by atoms with van der Waals surface area (Å²) in [5.41, 5.74) is 2.67. The third-order valence-electron chi connectivity index (χ3n) is 4.71. The van der Waals surface area contributed by atoms with E-state index in [1.165, 1.54) is 0 Å². The van der Waals surface area contributed by atoms with Gasteiger partial charge in [-0.05, 0) is 36.2 Å². The zero-order valence-electron chi connectivity index (χ0n) is 14.4. The highest BCUT2D eigenvalue weighted by Crippen LogP contribution is 2.33. The van der Waals surface area contributed by atoms with Crippen molar-refractivity contribution in [2.75, 3.05) is 50.5 Å². The van der Waals surface area contributed by atoms with E-state index in [0.717, 1.165) is 66.9 Å². The SMILES string of the molecule is O=S1CCc2cc(NCCN3CCOCC3)nnc2-c2cc(Cl)ccc21. The first-order chi connectivity index (χ1) is 12.7. The van der Waals surface area contributed by atoms with Crippen LogP contribution in [0.2, 0.25) is 5.02 Å². The van der Waals surface area contributed by atoms with Crippen molar-refractivity contribution in [2.24, 2.45) is 0 Å². The van der Waals surface area contributed by atoms with Crippen molar-refractivity contribution in [3.8, 4) is 11.3 Å². The van der Waals surface area contributed by atoms with Crippen molar-refractivity contribution in [3.05, 3.63) is 34.9 Å². The van der Waals surface area contributed by atoms with Crippen LogP contribution in [0.1, 0.15) is 5.56 Å². The highest BCUT2D eigenvalue weighted by Gasteiger charge is 2.21. The van der Waals surface area contributed by atoms with Gasteiger partial charge in [-0.25, -0.2) is 0 Å². The highest BCUT2D eigenvalue weighted by molar-refractivity contribution is 7.85. The largest absolute Gasteiger partial charge is 0.379 e. The van der Waals surface area contributed by atoms with Crippen LogP contribution in [-0.4, -0.2) is 64.5 Å². The van der Waals surface area contributed by atoms with Gasteiger partial charge in [-0.15, -0.1) is 10.2 Å². The fraction of sp³-hybridized carbons (Fsp3) is 0.444. The van der Waals surface area contributed by atoms with Gasteiger partial charge in [0, 0.05) is 47.4 Å². The molecule has 1 fully saturated rings. The average molecular weight is 393 g/mol. The van der Waals surface area contributed by atoms with Crippen LogP contribution in [-0.2, 0) is 22.0 Å². The number of hydrogen-bond donors (Lipinski definition) is 1. The van der Waals surface area contributed by atoms with Gasteiger partial charge in [0.15, 0.2) is 0 Å². The van der Waals surface area contributed by atoms with E-state index in [4.69, 9.17) is 16.3 Å². The fourth-order valence-corrected chi connectivity index (χ4v) is 4.72. The number of aryl methyl sites for hydroxylation is 1. The van der Waals surface area contributed by atoms with Crippen molar-refractivity contribution in [1.29, 1.82) is 0 Å². The van der Waals surface area contributed by atoms with Gasteiger partial charge in [-0.3, -0.25) is 9.11 Å². The molecule has 138 valence electrons. The number of nitrogens with zero attached hydrogens (tertiary/aromatic N) is 3. The van der Waals surface area contributed by atoms with Gasteiger partial charge >= 0.3 is 0 Å². The minimum Gasteiger partial charge on any atom is -0.379 e. The van der Waals surface area contributed by atoms with Crippen molar-refractivity contribution in [1.82, 2.24) is 15.1 Å². The Morgan fingerprint density at radius 3 is 2.92 bits per heavy atom. The summed E-state index contributed by atoms with van der Waals surface area (Å²) in [7, 11) is -1.05. The van der Waals surface area contributed by atoms with E-state index in [2.05, 4.69) is 20.4 Å². The molecule has 0 saturated carbocycles. The lowest BCUT2D eigenvalue weighted by molar-refractivity contribution is 0.0398. The third-order valence-corrected chi connectivity index (χ3v) is 6.37. The van der Waals surface area contributed by atoms with Crippen LogP contribution >= 0.6 is 11.6 Å². The Bertz CT molecular complexity index is 827. The Hall–Kier alpha value is -1.54. The van der Waals surface area contributed by atoms with Crippen LogP contribution in [0.25, 0.3) is 11.3 Å². The lowest BCUT2D eigenvalue weighted by Gasteiger charge is -2.26. The predicted octanol–water partition coefficient (Wildman–Crippen LogP) is 2.20. The molecular formula is C18H21ClN4O2S. The highest BCUT2D eigenvalue weighted by atomic mass is 35.5. The summed E-state index contributed by atoms with van der Waals surface area (Å²) < 4.78 is 17.9. The minimum atomic E-state index is -1.05. The molecule has 1 saturated heterocycles. The van der Waals surface area contributed by atoms with E-state index in [1.807, 2.05) is 18.2 Å². The van der Waals surface area contributed by atoms with Crippen molar-refractivity contribution < 1.29 is 8.95 Å². The molecule has 1 unspecified atom stereocenters. The maximum Gasteiger partial charge on any atom is 0.149 e. The van der Waals surface area contributed by atoms with Gasteiger partial charge in [-0.1, -0.05) is 11.6 Å². The Morgan fingerprint density at radius 1 is 1.23 bits per heavy atom. The Balaban J connectivity index is 1.51. The molecule has 6 nitrogen and oxygen atoms in total. The molecule has 8 heteroatoms. The zero-order valence-corrected chi connectivity index (χ0v) is 16.0. The van der Waals surface area contributed by atoms with E-state index in [0.29, 0.717) is 17.2 Å². The number of ether oxygens (including phenoxy) is 1. The van der Waals surface area contributed by atoms with Gasteiger partial charge in [-0.2, -0.15) is 0 Å². The minimum absolute atomic E-state index is 0.584. The second-order valence-corrected chi connectivity index (χ2v) is 8.40. The van der Waals surface area contributed by atoms with Crippen molar-refractivity contribution in [3.63, 3.8) is 0 Å². The Kier molecular flexibility index (Phi) is 5.49. The van der Waals surface area contributed by atoms with E-state index in [1.54, 1.807) is 6.07 Å². The molecule has 0 bridgehead atoms. The molecule has 2 aliphatic rings. The van der Waals surface area contributed by atoms with E-state index in [9.17, 15) is 4.21 Å². The standard InChI is InChI=1S/C18H21ClN4O2S/c19-14-1-2-16-15(12-14)18-13(3-10-26(16)24)11-17(21-22-18)20-4-5-23-6-8-25-9-7-23/h1-2,11-12H,3-10H2,(H,20,21). The first-order valence-electron chi connectivity index (χ1n) is 8.79. The molecule has 0 aliphatic carbocycles. The first-order valence-corrected chi connectivity index (χ1v) is 10.5. The van der Waals surface area contributed by atoms with Crippen LogP contribution < -0.4 is 5.32 Å². The maximum atomic E-state index is 12.5. The van der Waals surface area contributed by atoms with Gasteiger partial charge in [0.1, 0.15) is 5.82 Å². The maximum absolute atomic E-state index is 12.5. The molecule has 1 aromatic heterocycles. The summed E-state index contributed by atoms with van der Waals surface area (Å²) in [6.07, 6.45) is 0.710. The number of nitrogens with one attached hydrogen (secondary N) is 1. The molecule has 3 heterocycles. The van der Waals surface area contributed by atoms with Crippen LogP contribution in [0.15, 0.2) is 29.2 Å². The van der Waals surface area contributed by atoms with Crippen molar-refractivity contribution in [2.45, 2.75) is 11.3 Å². The molecule has 1 atom stereocenters. The topological polar surface area (TPSA) is 67.4 Å².